The third kappa shape index (κ3) is 7.77. The van der Waals surface area contributed by atoms with Gasteiger partial charge in [0.1, 0.15) is 12.4 Å². The van der Waals surface area contributed by atoms with Crippen LogP contribution in [0.1, 0.15) is 38.1 Å². The molecular weight excluding hydrogens is 544 g/mol. The Labute approximate surface area is 235 Å². The molecule has 1 heterocycles. The number of sulfonamides is 1. The lowest BCUT2D eigenvalue weighted by Crippen LogP contribution is -2.52. The SMILES string of the molecule is CO[C@@H]1CN(C)C(=O)c2ccc(NS(=O)(=O)c3ccc(Cl)cc3)cc2OC[C@@H](C)N(C(=O)NC(C)C)C[C@H]1C. The lowest BCUT2D eigenvalue weighted by atomic mass is 10.0. The number of fused-ring (bicyclic) bond motifs is 1. The summed E-state index contributed by atoms with van der Waals surface area (Å²) < 4.78 is 40.2. The van der Waals surface area contributed by atoms with E-state index in [2.05, 4.69) is 10.0 Å². The molecular formula is C27H37ClN4O6S. The van der Waals surface area contributed by atoms with Crippen molar-refractivity contribution in [3.63, 3.8) is 0 Å². The van der Waals surface area contributed by atoms with Crippen LogP contribution in [-0.2, 0) is 14.8 Å². The van der Waals surface area contributed by atoms with Gasteiger partial charge >= 0.3 is 6.03 Å². The zero-order chi connectivity index (χ0) is 28.9. The highest BCUT2D eigenvalue weighted by Gasteiger charge is 2.30. The zero-order valence-corrected chi connectivity index (χ0v) is 24.7. The Hall–Kier alpha value is -3.02. The van der Waals surface area contributed by atoms with Crippen molar-refractivity contribution in [2.24, 2.45) is 5.92 Å². The number of hydrogen-bond acceptors (Lipinski definition) is 6. The average molecular weight is 581 g/mol. The van der Waals surface area contributed by atoms with Gasteiger partial charge in [-0.05, 0) is 57.2 Å². The van der Waals surface area contributed by atoms with Crippen molar-refractivity contribution in [2.75, 3.05) is 38.6 Å². The van der Waals surface area contributed by atoms with E-state index in [9.17, 15) is 18.0 Å². The van der Waals surface area contributed by atoms with E-state index < -0.39 is 10.0 Å². The molecule has 10 nitrogen and oxygen atoms in total. The van der Waals surface area contributed by atoms with Crippen LogP contribution < -0.4 is 14.8 Å². The van der Waals surface area contributed by atoms with Gasteiger partial charge in [-0.1, -0.05) is 18.5 Å². The fraction of sp³-hybridized carbons (Fsp3) is 0.481. The predicted molar refractivity (Wildman–Crippen MR) is 151 cm³/mol. The predicted octanol–water partition coefficient (Wildman–Crippen LogP) is 4.06. The monoisotopic (exact) mass is 580 g/mol. The van der Waals surface area contributed by atoms with E-state index >= 15 is 0 Å². The van der Waals surface area contributed by atoms with E-state index in [1.54, 1.807) is 19.1 Å². The van der Waals surface area contributed by atoms with E-state index in [0.717, 1.165) is 0 Å². The van der Waals surface area contributed by atoms with Crippen molar-refractivity contribution in [1.82, 2.24) is 15.1 Å². The van der Waals surface area contributed by atoms with E-state index in [4.69, 9.17) is 21.1 Å². The topological polar surface area (TPSA) is 117 Å². The van der Waals surface area contributed by atoms with Crippen LogP contribution in [0.2, 0.25) is 5.02 Å². The summed E-state index contributed by atoms with van der Waals surface area (Å²) in [5, 5.41) is 3.36. The number of ether oxygens (including phenoxy) is 2. The second kappa shape index (κ2) is 12.9. The first kappa shape index (κ1) is 30.5. The van der Waals surface area contributed by atoms with Gasteiger partial charge in [0, 0.05) is 50.3 Å². The molecule has 3 atom stereocenters. The van der Waals surface area contributed by atoms with Crippen molar-refractivity contribution in [3.8, 4) is 5.75 Å². The second-order valence-electron chi connectivity index (χ2n) is 10.1. The fourth-order valence-electron chi connectivity index (χ4n) is 4.28. The molecule has 12 heteroatoms. The number of nitrogens with zero attached hydrogens (tertiary/aromatic N) is 2. The number of methoxy groups -OCH3 is 1. The minimum atomic E-state index is -3.92. The molecule has 2 N–H and O–H groups in total. The van der Waals surface area contributed by atoms with Gasteiger partial charge in [0.2, 0.25) is 0 Å². The summed E-state index contributed by atoms with van der Waals surface area (Å²) in [6, 6.07) is 9.65. The lowest BCUT2D eigenvalue weighted by Gasteiger charge is -2.36. The number of rotatable bonds is 5. The number of hydrogen-bond donors (Lipinski definition) is 2. The minimum absolute atomic E-state index is 0.0385. The zero-order valence-electron chi connectivity index (χ0n) is 23.1. The van der Waals surface area contributed by atoms with Gasteiger partial charge in [-0.2, -0.15) is 0 Å². The van der Waals surface area contributed by atoms with Gasteiger partial charge in [0.05, 0.1) is 28.3 Å². The van der Waals surface area contributed by atoms with Crippen molar-refractivity contribution in [3.05, 3.63) is 53.1 Å². The highest BCUT2D eigenvalue weighted by molar-refractivity contribution is 7.92. The van der Waals surface area contributed by atoms with Gasteiger partial charge in [-0.15, -0.1) is 0 Å². The van der Waals surface area contributed by atoms with Crippen LogP contribution in [0, 0.1) is 5.92 Å². The minimum Gasteiger partial charge on any atom is -0.491 e. The molecule has 0 radical (unpaired) electrons. The molecule has 3 rings (SSSR count). The summed E-state index contributed by atoms with van der Waals surface area (Å²) in [5.41, 5.74) is 0.483. The Kier molecular flexibility index (Phi) is 10.1. The summed E-state index contributed by atoms with van der Waals surface area (Å²) in [6.45, 7) is 8.37. The van der Waals surface area contributed by atoms with Crippen LogP contribution in [0.25, 0.3) is 0 Å². The summed E-state index contributed by atoms with van der Waals surface area (Å²) >= 11 is 5.89. The smallest absolute Gasteiger partial charge is 0.317 e. The third-order valence-corrected chi connectivity index (χ3v) is 8.15. The summed E-state index contributed by atoms with van der Waals surface area (Å²) in [4.78, 5) is 29.8. The Balaban J connectivity index is 1.97. The first-order chi connectivity index (χ1) is 18.3. The van der Waals surface area contributed by atoms with Crippen molar-refractivity contribution in [2.45, 2.75) is 50.8 Å². The molecule has 0 bridgehead atoms. The van der Waals surface area contributed by atoms with Crippen LogP contribution in [0.3, 0.4) is 0 Å². The lowest BCUT2D eigenvalue weighted by molar-refractivity contribution is 0.0165. The molecule has 0 unspecified atom stereocenters. The maximum atomic E-state index is 13.4. The summed E-state index contributed by atoms with van der Waals surface area (Å²) in [7, 11) is -0.664. The number of carbonyl (C=O) groups excluding carboxylic acids is 2. The number of amides is 3. The highest BCUT2D eigenvalue weighted by atomic mass is 35.5. The van der Waals surface area contributed by atoms with E-state index in [-0.39, 0.29) is 71.1 Å². The molecule has 214 valence electrons. The Morgan fingerprint density at radius 2 is 1.79 bits per heavy atom. The molecule has 0 fully saturated rings. The Bertz CT molecular complexity index is 1270. The molecule has 0 saturated carbocycles. The van der Waals surface area contributed by atoms with E-state index in [1.807, 2.05) is 27.7 Å². The van der Waals surface area contributed by atoms with Crippen molar-refractivity contribution < 1.29 is 27.5 Å². The molecule has 0 aliphatic carbocycles. The number of nitrogens with one attached hydrogen (secondary N) is 2. The van der Waals surface area contributed by atoms with Crippen molar-refractivity contribution in [1.29, 1.82) is 0 Å². The summed E-state index contributed by atoms with van der Waals surface area (Å²) in [6.07, 6.45) is -0.324. The quantitative estimate of drug-likeness (QED) is 0.551. The van der Waals surface area contributed by atoms with E-state index in [0.29, 0.717) is 11.6 Å². The maximum Gasteiger partial charge on any atom is 0.317 e. The average Bonchev–Trinajstić information content (AvgIpc) is 2.87. The first-order valence-electron chi connectivity index (χ1n) is 12.7. The van der Waals surface area contributed by atoms with Crippen LogP contribution in [0.5, 0.6) is 5.75 Å². The Morgan fingerprint density at radius 1 is 1.13 bits per heavy atom. The first-order valence-corrected chi connectivity index (χ1v) is 14.6. The molecule has 0 saturated heterocycles. The summed E-state index contributed by atoms with van der Waals surface area (Å²) in [5.74, 6) is -0.176. The number of carbonyl (C=O) groups is 2. The van der Waals surface area contributed by atoms with Crippen LogP contribution in [-0.4, -0.2) is 82.2 Å². The van der Waals surface area contributed by atoms with Gasteiger partial charge < -0.3 is 24.6 Å². The normalized spacial score (nSPS) is 20.9. The highest BCUT2D eigenvalue weighted by Crippen LogP contribution is 2.28. The molecule has 39 heavy (non-hydrogen) atoms. The van der Waals surface area contributed by atoms with Gasteiger partial charge in [-0.25, -0.2) is 13.2 Å². The van der Waals surface area contributed by atoms with Crippen LogP contribution >= 0.6 is 11.6 Å². The Morgan fingerprint density at radius 3 is 2.41 bits per heavy atom. The van der Waals surface area contributed by atoms with Crippen molar-refractivity contribution >= 4 is 39.2 Å². The molecule has 0 spiro atoms. The molecule has 0 aromatic heterocycles. The molecule has 2 aromatic rings. The molecule has 3 amide bonds. The largest absolute Gasteiger partial charge is 0.491 e. The fourth-order valence-corrected chi connectivity index (χ4v) is 5.45. The van der Waals surface area contributed by atoms with Gasteiger partial charge in [0.15, 0.2) is 0 Å². The number of anilines is 1. The maximum absolute atomic E-state index is 13.4. The van der Waals surface area contributed by atoms with E-state index in [1.165, 1.54) is 47.4 Å². The molecule has 2 aromatic carbocycles. The number of halogens is 1. The van der Waals surface area contributed by atoms with Gasteiger partial charge in [0.25, 0.3) is 15.9 Å². The molecule has 1 aliphatic heterocycles. The van der Waals surface area contributed by atoms with Crippen LogP contribution in [0.15, 0.2) is 47.4 Å². The molecule has 1 aliphatic rings. The second-order valence-corrected chi connectivity index (χ2v) is 12.2. The number of likely N-dealkylation sites (N-methyl/N-ethyl adjacent to an activating group) is 1. The number of benzene rings is 2. The van der Waals surface area contributed by atoms with Gasteiger partial charge in [-0.3, -0.25) is 9.52 Å². The standard InChI is InChI=1S/C27H37ClN4O6S/c1-17(2)29-27(34)32-14-18(3)25(37-6)15-31(5)26(33)23-12-9-21(13-24(23)38-16-19(32)4)30-39(35,36)22-10-7-20(28)8-11-22/h7-13,17-19,25,30H,14-16H2,1-6H3,(H,29,34)/t18-,19-,25-/m1/s1. The number of urea groups is 1. The van der Waals surface area contributed by atoms with Crippen LogP contribution in [0.4, 0.5) is 10.5 Å². The third-order valence-electron chi connectivity index (χ3n) is 6.50.